The molecular weight excluding hydrogens is 290 g/mol. The van der Waals surface area contributed by atoms with Crippen molar-refractivity contribution in [2.75, 3.05) is 32.9 Å². The van der Waals surface area contributed by atoms with Crippen LogP contribution in [0.25, 0.3) is 0 Å². The monoisotopic (exact) mass is 313 g/mol. The topological polar surface area (TPSA) is 41.9 Å². The minimum absolute atomic E-state index is 0.0323. The van der Waals surface area contributed by atoms with E-state index < -0.39 is 6.10 Å². The fraction of sp³-hybridized carbons (Fsp3) is 0.625. The van der Waals surface area contributed by atoms with Crippen molar-refractivity contribution in [2.24, 2.45) is 0 Å². The van der Waals surface area contributed by atoms with Gasteiger partial charge in [-0.15, -0.1) is 0 Å². The Morgan fingerprint density at radius 2 is 2.10 bits per heavy atom. The Labute approximate surface area is 131 Å². The number of morpholine rings is 1. The molecule has 0 spiro atoms. The van der Waals surface area contributed by atoms with Crippen molar-refractivity contribution in [3.63, 3.8) is 0 Å². The van der Waals surface area contributed by atoms with Crippen molar-refractivity contribution in [3.05, 3.63) is 34.9 Å². The summed E-state index contributed by atoms with van der Waals surface area (Å²) in [6, 6.07) is 7.54. The largest absolute Gasteiger partial charge is 0.389 e. The lowest BCUT2D eigenvalue weighted by molar-refractivity contribution is -0.0770. The molecule has 0 aromatic heterocycles. The number of halogens is 1. The molecule has 118 valence electrons. The molecule has 5 heteroatoms. The van der Waals surface area contributed by atoms with E-state index in [9.17, 15) is 5.11 Å². The van der Waals surface area contributed by atoms with Crippen molar-refractivity contribution in [3.8, 4) is 0 Å². The second-order valence-electron chi connectivity index (χ2n) is 6.11. The van der Waals surface area contributed by atoms with E-state index in [0.717, 1.165) is 18.7 Å². The molecule has 1 aliphatic heterocycles. The third-order valence-corrected chi connectivity index (χ3v) is 3.99. The van der Waals surface area contributed by atoms with Gasteiger partial charge in [0.05, 0.1) is 32.5 Å². The van der Waals surface area contributed by atoms with Crippen LogP contribution in [0.1, 0.15) is 19.4 Å². The van der Waals surface area contributed by atoms with Crippen LogP contribution in [0.5, 0.6) is 0 Å². The van der Waals surface area contributed by atoms with E-state index in [1.54, 1.807) is 0 Å². The van der Waals surface area contributed by atoms with Crippen LogP contribution < -0.4 is 0 Å². The highest BCUT2D eigenvalue weighted by Crippen LogP contribution is 2.19. The van der Waals surface area contributed by atoms with Crippen molar-refractivity contribution >= 4 is 11.6 Å². The van der Waals surface area contributed by atoms with E-state index in [-0.39, 0.29) is 5.54 Å². The molecule has 2 rings (SSSR count). The van der Waals surface area contributed by atoms with Crippen molar-refractivity contribution in [1.29, 1.82) is 0 Å². The van der Waals surface area contributed by atoms with Gasteiger partial charge < -0.3 is 14.6 Å². The number of aliphatic hydroxyl groups is 1. The van der Waals surface area contributed by atoms with Gasteiger partial charge in [0.1, 0.15) is 0 Å². The Bertz CT molecular complexity index is 436. The summed E-state index contributed by atoms with van der Waals surface area (Å²) in [5, 5.41) is 10.8. The van der Waals surface area contributed by atoms with Gasteiger partial charge in [-0.05, 0) is 31.5 Å². The Hall–Kier alpha value is -0.650. The second-order valence-corrected chi connectivity index (χ2v) is 6.54. The van der Waals surface area contributed by atoms with Crippen LogP contribution in [0.3, 0.4) is 0 Å². The molecule has 1 heterocycles. The molecule has 0 radical (unpaired) electrons. The maximum atomic E-state index is 10.1. The Balaban J connectivity index is 1.72. The van der Waals surface area contributed by atoms with Crippen LogP contribution in [0.15, 0.2) is 24.3 Å². The predicted molar refractivity (Wildman–Crippen MR) is 83.6 cm³/mol. The van der Waals surface area contributed by atoms with Crippen LogP contribution >= 0.6 is 11.6 Å². The van der Waals surface area contributed by atoms with Gasteiger partial charge in [0, 0.05) is 23.7 Å². The molecule has 1 saturated heterocycles. The van der Waals surface area contributed by atoms with Gasteiger partial charge in [-0.25, -0.2) is 0 Å². The molecule has 1 aromatic carbocycles. The first-order valence-corrected chi connectivity index (χ1v) is 7.68. The molecule has 0 saturated carbocycles. The molecule has 0 amide bonds. The lowest BCUT2D eigenvalue weighted by Gasteiger charge is -2.42. The maximum absolute atomic E-state index is 10.1. The molecule has 0 bridgehead atoms. The highest BCUT2D eigenvalue weighted by Gasteiger charge is 2.31. The molecule has 1 aliphatic rings. The summed E-state index contributed by atoms with van der Waals surface area (Å²) in [6.45, 7) is 7.96. The van der Waals surface area contributed by atoms with Gasteiger partial charge in [0.2, 0.25) is 0 Å². The number of ether oxygens (including phenoxy) is 2. The summed E-state index contributed by atoms with van der Waals surface area (Å²) >= 11 is 5.83. The third-order valence-electron chi connectivity index (χ3n) is 3.74. The van der Waals surface area contributed by atoms with E-state index in [0.29, 0.717) is 31.4 Å². The van der Waals surface area contributed by atoms with E-state index in [2.05, 4.69) is 18.7 Å². The number of nitrogens with zero attached hydrogens (tertiary/aromatic N) is 1. The maximum Gasteiger partial charge on any atom is 0.0900 e. The van der Waals surface area contributed by atoms with Crippen LogP contribution in [0.4, 0.5) is 0 Å². The average Bonchev–Trinajstić information content (AvgIpc) is 2.43. The molecule has 1 fully saturated rings. The fourth-order valence-corrected chi connectivity index (χ4v) is 2.56. The molecule has 1 aromatic rings. The number of hydrogen-bond donors (Lipinski definition) is 1. The lowest BCUT2D eigenvalue weighted by Crippen LogP contribution is -2.55. The Morgan fingerprint density at radius 1 is 1.38 bits per heavy atom. The molecular formula is C16H24ClNO3. The molecule has 1 N–H and O–H groups in total. The second kappa shape index (κ2) is 7.56. The molecule has 0 aliphatic carbocycles. The summed E-state index contributed by atoms with van der Waals surface area (Å²) < 4.78 is 11.1. The first-order chi connectivity index (χ1) is 9.97. The van der Waals surface area contributed by atoms with Crippen LogP contribution in [-0.2, 0) is 16.1 Å². The van der Waals surface area contributed by atoms with Gasteiger partial charge in [-0.2, -0.15) is 0 Å². The summed E-state index contributed by atoms with van der Waals surface area (Å²) in [5.41, 5.74) is 1.02. The zero-order valence-electron chi connectivity index (χ0n) is 12.7. The number of rotatable bonds is 6. The summed E-state index contributed by atoms with van der Waals surface area (Å²) in [5.74, 6) is 0. The zero-order chi connectivity index (χ0) is 15.3. The van der Waals surface area contributed by atoms with Crippen molar-refractivity contribution in [2.45, 2.75) is 32.1 Å². The first kappa shape index (κ1) is 16.7. The van der Waals surface area contributed by atoms with Gasteiger partial charge in [0.15, 0.2) is 0 Å². The Kier molecular flexibility index (Phi) is 6.02. The number of β-amino-alcohol motifs (C(OH)–C–C–N with tert-alkyl or cyclic N) is 1. The fourth-order valence-electron chi connectivity index (χ4n) is 2.43. The van der Waals surface area contributed by atoms with E-state index >= 15 is 0 Å². The van der Waals surface area contributed by atoms with Gasteiger partial charge in [-0.3, -0.25) is 4.90 Å². The third kappa shape index (κ3) is 5.24. The van der Waals surface area contributed by atoms with Crippen LogP contribution in [0.2, 0.25) is 5.02 Å². The van der Waals surface area contributed by atoms with Crippen molar-refractivity contribution in [1.82, 2.24) is 4.90 Å². The smallest absolute Gasteiger partial charge is 0.0900 e. The minimum Gasteiger partial charge on any atom is -0.389 e. The van der Waals surface area contributed by atoms with Crippen molar-refractivity contribution < 1.29 is 14.6 Å². The average molecular weight is 314 g/mol. The number of aliphatic hydroxyl groups excluding tert-OH is 1. The SMILES string of the molecule is CC1(C)COCCN1CC(O)COCc1ccc(Cl)cc1. The lowest BCUT2D eigenvalue weighted by atomic mass is 10.0. The normalized spacial score (nSPS) is 20.4. The van der Waals surface area contributed by atoms with E-state index in [4.69, 9.17) is 21.1 Å². The van der Waals surface area contributed by atoms with Gasteiger partial charge in [0.25, 0.3) is 0 Å². The summed E-state index contributed by atoms with van der Waals surface area (Å²) in [6.07, 6.45) is -0.491. The Morgan fingerprint density at radius 3 is 2.76 bits per heavy atom. The molecule has 21 heavy (non-hydrogen) atoms. The number of hydrogen-bond acceptors (Lipinski definition) is 4. The predicted octanol–water partition coefficient (Wildman–Crippen LogP) is 2.33. The number of benzene rings is 1. The highest BCUT2D eigenvalue weighted by atomic mass is 35.5. The quantitative estimate of drug-likeness (QED) is 0.875. The highest BCUT2D eigenvalue weighted by molar-refractivity contribution is 6.30. The summed E-state index contributed by atoms with van der Waals surface area (Å²) in [4.78, 5) is 2.26. The van der Waals surface area contributed by atoms with Crippen LogP contribution in [0, 0.1) is 0 Å². The van der Waals surface area contributed by atoms with Crippen LogP contribution in [-0.4, -0.2) is 54.6 Å². The zero-order valence-corrected chi connectivity index (χ0v) is 13.5. The molecule has 1 atom stereocenters. The molecule has 4 nitrogen and oxygen atoms in total. The minimum atomic E-state index is -0.491. The van der Waals surface area contributed by atoms with Gasteiger partial charge in [-0.1, -0.05) is 23.7 Å². The van der Waals surface area contributed by atoms with E-state index in [1.807, 2.05) is 24.3 Å². The van der Waals surface area contributed by atoms with E-state index in [1.165, 1.54) is 0 Å². The molecule has 1 unspecified atom stereocenters. The first-order valence-electron chi connectivity index (χ1n) is 7.30. The summed E-state index contributed by atoms with van der Waals surface area (Å²) in [7, 11) is 0. The standard InChI is InChI=1S/C16H24ClNO3/c1-16(2)12-20-8-7-18(16)9-15(19)11-21-10-13-3-5-14(17)6-4-13/h3-6,15,19H,7-12H2,1-2H3. The van der Waals surface area contributed by atoms with Gasteiger partial charge >= 0.3 is 0 Å².